The van der Waals surface area contributed by atoms with Gasteiger partial charge in [-0.15, -0.1) is 0 Å². The molecule has 0 aliphatic heterocycles. The van der Waals surface area contributed by atoms with Crippen LogP contribution in [0.25, 0.3) is 6.08 Å². The molecule has 1 unspecified atom stereocenters. The maximum absolute atomic E-state index is 11.7. The van der Waals surface area contributed by atoms with Gasteiger partial charge < -0.3 is 10.4 Å². The number of thiocarbonyl (C=S) groups is 1. The highest BCUT2D eigenvalue weighted by molar-refractivity contribution is 7.80. The number of nitrogens with zero attached hydrogens (tertiary/aromatic N) is 1. The number of nitro groups is 1. The van der Waals surface area contributed by atoms with Gasteiger partial charge in [-0.25, -0.2) is 0 Å². The summed E-state index contributed by atoms with van der Waals surface area (Å²) in [5.74, 6) is -0.427. The molecule has 1 aromatic rings. The molecule has 0 aromatic heterocycles. The molecule has 0 bridgehead atoms. The Morgan fingerprint density at radius 3 is 2.59 bits per heavy atom. The fourth-order valence-electron chi connectivity index (χ4n) is 1.53. The van der Waals surface area contributed by atoms with Crippen LogP contribution in [0, 0.1) is 10.1 Å². The molecule has 0 saturated heterocycles. The van der Waals surface area contributed by atoms with Crippen LogP contribution < -0.4 is 10.6 Å². The Hall–Kier alpha value is -2.32. The lowest BCUT2D eigenvalue weighted by molar-refractivity contribution is -0.384. The van der Waals surface area contributed by atoms with Crippen molar-refractivity contribution in [2.75, 3.05) is 6.61 Å². The van der Waals surface area contributed by atoms with Crippen molar-refractivity contribution >= 4 is 35.0 Å². The van der Waals surface area contributed by atoms with E-state index in [1.165, 1.54) is 36.4 Å². The summed E-state index contributed by atoms with van der Waals surface area (Å²) in [5.41, 5.74) is 0.642. The van der Waals surface area contributed by atoms with Crippen LogP contribution in [-0.2, 0) is 4.79 Å². The summed E-state index contributed by atoms with van der Waals surface area (Å²) in [7, 11) is 0. The third-order valence-corrected chi connectivity index (χ3v) is 3.04. The first-order chi connectivity index (χ1) is 10.5. The monoisotopic (exact) mass is 323 g/mol. The van der Waals surface area contributed by atoms with Crippen molar-refractivity contribution in [3.8, 4) is 0 Å². The van der Waals surface area contributed by atoms with Crippen LogP contribution in [-0.4, -0.2) is 33.7 Å². The second-order valence-corrected chi connectivity index (χ2v) is 4.84. The lowest BCUT2D eigenvalue weighted by Crippen LogP contribution is -2.45. The molecule has 0 heterocycles. The molecule has 0 spiro atoms. The van der Waals surface area contributed by atoms with Crippen molar-refractivity contribution in [1.82, 2.24) is 10.6 Å². The third-order valence-electron chi connectivity index (χ3n) is 2.82. The molecular weight excluding hydrogens is 306 g/mol. The van der Waals surface area contributed by atoms with E-state index in [-0.39, 0.29) is 23.4 Å². The number of benzene rings is 1. The van der Waals surface area contributed by atoms with E-state index in [1.54, 1.807) is 0 Å². The predicted molar refractivity (Wildman–Crippen MR) is 87.2 cm³/mol. The predicted octanol–water partition coefficient (Wildman–Crippen LogP) is 1.37. The van der Waals surface area contributed by atoms with Gasteiger partial charge in [0.2, 0.25) is 5.91 Å². The number of hydrogen-bond acceptors (Lipinski definition) is 5. The van der Waals surface area contributed by atoms with Crippen LogP contribution in [0.3, 0.4) is 0 Å². The first-order valence-corrected chi connectivity index (χ1v) is 7.02. The van der Waals surface area contributed by atoms with Crippen molar-refractivity contribution in [2.45, 2.75) is 19.4 Å². The highest BCUT2D eigenvalue weighted by Gasteiger charge is 2.07. The fraction of sp³-hybridized carbons (Fsp3) is 0.286. The average molecular weight is 323 g/mol. The first kappa shape index (κ1) is 17.7. The molecule has 1 aromatic carbocycles. The fourth-order valence-corrected chi connectivity index (χ4v) is 1.80. The molecule has 0 aliphatic carbocycles. The minimum absolute atomic E-state index is 0.0124. The Bertz CT molecular complexity index is 568. The Morgan fingerprint density at radius 1 is 1.45 bits per heavy atom. The van der Waals surface area contributed by atoms with E-state index in [0.29, 0.717) is 12.0 Å². The zero-order chi connectivity index (χ0) is 16.5. The lowest BCUT2D eigenvalue weighted by atomic mass is 10.2. The van der Waals surface area contributed by atoms with Crippen LogP contribution in [0.15, 0.2) is 30.3 Å². The number of carbonyl (C=O) groups is 1. The van der Waals surface area contributed by atoms with Gasteiger partial charge in [-0.3, -0.25) is 20.2 Å². The highest BCUT2D eigenvalue weighted by atomic mass is 32.1. The zero-order valence-electron chi connectivity index (χ0n) is 12.0. The molecule has 0 fully saturated rings. The SMILES string of the molecule is CCC(CO)NC(=S)NC(=O)/C=C/c1ccc([N+](=O)[O-])cc1. The van der Waals surface area contributed by atoms with Crippen molar-refractivity contribution in [3.05, 3.63) is 46.0 Å². The van der Waals surface area contributed by atoms with Crippen LogP contribution >= 0.6 is 12.2 Å². The van der Waals surface area contributed by atoms with E-state index in [9.17, 15) is 14.9 Å². The van der Waals surface area contributed by atoms with Crippen molar-refractivity contribution < 1.29 is 14.8 Å². The van der Waals surface area contributed by atoms with E-state index in [4.69, 9.17) is 17.3 Å². The normalized spacial score (nSPS) is 11.9. The number of amides is 1. The second kappa shape index (κ2) is 8.85. The lowest BCUT2D eigenvalue weighted by Gasteiger charge is -2.15. The molecule has 8 heteroatoms. The van der Waals surface area contributed by atoms with E-state index >= 15 is 0 Å². The second-order valence-electron chi connectivity index (χ2n) is 4.43. The Labute approximate surface area is 133 Å². The molecule has 0 radical (unpaired) electrons. The van der Waals surface area contributed by atoms with Gasteiger partial charge in [0, 0.05) is 18.2 Å². The smallest absolute Gasteiger partial charge is 0.269 e. The van der Waals surface area contributed by atoms with E-state index in [0.717, 1.165) is 0 Å². The van der Waals surface area contributed by atoms with E-state index in [2.05, 4.69) is 10.6 Å². The molecule has 1 atom stereocenters. The van der Waals surface area contributed by atoms with Crippen molar-refractivity contribution in [2.24, 2.45) is 0 Å². The number of non-ortho nitro benzene ring substituents is 1. The van der Waals surface area contributed by atoms with E-state index < -0.39 is 10.8 Å². The molecule has 22 heavy (non-hydrogen) atoms. The number of aliphatic hydroxyl groups excluding tert-OH is 1. The number of hydrogen-bond donors (Lipinski definition) is 3. The molecule has 1 rings (SSSR count). The topological polar surface area (TPSA) is 104 Å². The standard InChI is InChI=1S/C14H17N3O4S/c1-2-11(9-18)15-14(22)16-13(19)8-5-10-3-6-12(7-4-10)17(20)21/h3-8,11,18H,2,9H2,1H3,(H2,15,16,19,22)/b8-5+. The molecule has 1 amide bonds. The largest absolute Gasteiger partial charge is 0.394 e. The summed E-state index contributed by atoms with van der Waals surface area (Å²) in [4.78, 5) is 21.7. The van der Waals surface area contributed by atoms with Crippen LogP contribution in [0.1, 0.15) is 18.9 Å². The number of nitro benzene ring substituents is 1. The molecule has 118 valence electrons. The summed E-state index contributed by atoms with van der Waals surface area (Å²) in [6, 6.07) is 5.59. The van der Waals surface area contributed by atoms with Gasteiger partial charge in [-0.2, -0.15) is 0 Å². The average Bonchev–Trinajstić information content (AvgIpc) is 2.50. The molecule has 0 saturated carbocycles. The van der Waals surface area contributed by atoms with Crippen LogP contribution in [0.4, 0.5) is 5.69 Å². The van der Waals surface area contributed by atoms with Gasteiger partial charge >= 0.3 is 0 Å². The minimum Gasteiger partial charge on any atom is -0.394 e. The molecule has 0 aliphatic rings. The molecule has 7 nitrogen and oxygen atoms in total. The number of carbonyl (C=O) groups excluding carboxylic acids is 1. The van der Waals surface area contributed by atoms with Gasteiger partial charge in [0.1, 0.15) is 0 Å². The first-order valence-electron chi connectivity index (χ1n) is 6.61. The maximum Gasteiger partial charge on any atom is 0.269 e. The van der Waals surface area contributed by atoms with Crippen molar-refractivity contribution in [3.63, 3.8) is 0 Å². The van der Waals surface area contributed by atoms with Gasteiger partial charge in [0.25, 0.3) is 5.69 Å². The molecule has 3 N–H and O–H groups in total. The van der Waals surface area contributed by atoms with Gasteiger partial charge in [0.15, 0.2) is 5.11 Å². The Morgan fingerprint density at radius 2 is 2.09 bits per heavy atom. The maximum atomic E-state index is 11.7. The highest BCUT2D eigenvalue weighted by Crippen LogP contribution is 2.12. The zero-order valence-corrected chi connectivity index (χ0v) is 12.8. The van der Waals surface area contributed by atoms with Gasteiger partial charge in [-0.1, -0.05) is 6.92 Å². The summed E-state index contributed by atoms with van der Waals surface area (Å²) < 4.78 is 0. The summed E-state index contributed by atoms with van der Waals surface area (Å²) in [6.45, 7) is 1.80. The van der Waals surface area contributed by atoms with E-state index in [1.807, 2.05) is 6.92 Å². The minimum atomic E-state index is -0.490. The Kier molecular flexibility index (Phi) is 7.14. The van der Waals surface area contributed by atoms with Gasteiger partial charge in [0.05, 0.1) is 17.6 Å². The number of rotatable bonds is 6. The number of nitrogens with one attached hydrogen (secondary N) is 2. The van der Waals surface area contributed by atoms with Crippen LogP contribution in [0.5, 0.6) is 0 Å². The number of aliphatic hydroxyl groups is 1. The quantitative estimate of drug-likeness (QED) is 0.316. The van der Waals surface area contributed by atoms with Crippen molar-refractivity contribution in [1.29, 1.82) is 0 Å². The summed E-state index contributed by atoms with van der Waals surface area (Å²) >= 11 is 4.95. The summed E-state index contributed by atoms with van der Waals surface area (Å²) in [5, 5.41) is 24.9. The third kappa shape index (κ3) is 5.98. The molecular formula is C14H17N3O4S. The summed E-state index contributed by atoms with van der Waals surface area (Å²) in [6.07, 6.45) is 3.46. The van der Waals surface area contributed by atoms with Gasteiger partial charge in [-0.05, 0) is 42.4 Å². The Balaban J connectivity index is 2.53. The van der Waals surface area contributed by atoms with Crippen LogP contribution in [0.2, 0.25) is 0 Å².